The van der Waals surface area contributed by atoms with E-state index in [1.54, 1.807) is 6.92 Å². The van der Waals surface area contributed by atoms with E-state index in [2.05, 4.69) is 10.2 Å². The lowest BCUT2D eigenvalue weighted by Gasteiger charge is -2.32. The minimum atomic E-state index is 0.0624. The van der Waals surface area contributed by atoms with E-state index in [1.807, 2.05) is 30.3 Å². The number of piperidine rings is 1. The van der Waals surface area contributed by atoms with E-state index in [-0.39, 0.29) is 5.91 Å². The van der Waals surface area contributed by atoms with Crippen LogP contribution in [-0.2, 0) is 4.79 Å². The van der Waals surface area contributed by atoms with Gasteiger partial charge in [-0.1, -0.05) is 18.2 Å². The molecule has 1 aromatic carbocycles. The highest BCUT2D eigenvalue weighted by Crippen LogP contribution is 2.11. The monoisotopic (exact) mass is 262 g/mol. The molecule has 1 aliphatic heterocycles. The van der Waals surface area contributed by atoms with Crippen LogP contribution in [0.25, 0.3) is 0 Å². The van der Waals surface area contributed by atoms with Gasteiger partial charge in [-0.05, 0) is 31.5 Å². The SMILES string of the molecule is CC(=O)NC1CCCN(CCOc2ccccc2)C1. The summed E-state index contributed by atoms with van der Waals surface area (Å²) in [6, 6.07) is 10.2. The third-order valence-electron chi connectivity index (χ3n) is 3.33. The normalized spacial score (nSPS) is 19.9. The summed E-state index contributed by atoms with van der Waals surface area (Å²) in [5.74, 6) is 0.977. The number of hydrogen-bond acceptors (Lipinski definition) is 3. The first kappa shape index (κ1) is 13.9. The molecule has 0 saturated carbocycles. The number of para-hydroxylation sites is 1. The van der Waals surface area contributed by atoms with Crippen LogP contribution in [-0.4, -0.2) is 43.1 Å². The minimum Gasteiger partial charge on any atom is -0.492 e. The Bertz CT molecular complexity index is 394. The summed E-state index contributed by atoms with van der Waals surface area (Å²) >= 11 is 0. The number of hydrogen-bond donors (Lipinski definition) is 1. The van der Waals surface area contributed by atoms with E-state index in [0.29, 0.717) is 12.6 Å². The number of ether oxygens (including phenoxy) is 1. The lowest BCUT2D eigenvalue weighted by Crippen LogP contribution is -2.48. The van der Waals surface area contributed by atoms with Crippen LogP contribution in [0, 0.1) is 0 Å². The Hall–Kier alpha value is -1.55. The summed E-state index contributed by atoms with van der Waals surface area (Å²) in [6.07, 6.45) is 2.21. The van der Waals surface area contributed by atoms with Gasteiger partial charge in [-0.15, -0.1) is 0 Å². The molecular weight excluding hydrogens is 240 g/mol. The first-order valence-corrected chi connectivity index (χ1v) is 6.91. The number of carbonyl (C=O) groups is 1. The standard InChI is InChI=1S/C15H22N2O2/c1-13(18)16-14-6-5-9-17(12-14)10-11-19-15-7-3-2-4-8-15/h2-4,7-8,14H,5-6,9-12H2,1H3,(H,16,18). The van der Waals surface area contributed by atoms with Crippen molar-refractivity contribution >= 4 is 5.91 Å². The van der Waals surface area contributed by atoms with Crippen LogP contribution in [0.5, 0.6) is 5.75 Å². The largest absolute Gasteiger partial charge is 0.492 e. The number of benzene rings is 1. The lowest BCUT2D eigenvalue weighted by atomic mass is 10.1. The number of likely N-dealkylation sites (tertiary alicyclic amines) is 1. The molecule has 1 aromatic rings. The van der Waals surface area contributed by atoms with Crippen LogP contribution in [0.2, 0.25) is 0 Å². The maximum absolute atomic E-state index is 11.1. The molecule has 0 aliphatic carbocycles. The molecule has 0 spiro atoms. The zero-order valence-corrected chi connectivity index (χ0v) is 11.5. The predicted octanol–water partition coefficient (Wildman–Crippen LogP) is 1.67. The van der Waals surface area contributed by atoms with Crippen LogP contribution in [0.3, 0.4) is 0 Å². The Balaban J connectivity index is 1.69. The number of rotatable bonds is 5. The summed E-state index contributed by atoms with van der Waals surface area (Å²) in [7, 11) is 0. The lowest BCUT2D eigenvalue weighted by molar-refractivity contribution is -0.120. The van der Waals surface area contributed by atoms with Crippen molar-refractivity contribution in [2.24, 2.45) is 0 Å². The summed E-state index contributed by atoms with van der Waals surface area (Å²) in [5.41, 5.74) is 0. The first-order valence-electron chi connectivity index (χ1n) is 6.91. The average molecular weight is 262 g/mol. The topological polar surface area (TPSA) is 41.6 Å². The molecule has 1 N–H and O–H groups in total. The minimum absolute atomic E-state index is 0.0624. The van der Waals surface area contributed by atoms with Crippen molar-refractivity contribution in [2.75, 3.05) is 26.2 Å². The van der Waals surface area contributed by atoms with E-state index < -0.39 is 0 Å². The third kappa shape index (κ3) is 4.91. The summed E-state index contributed by atoms with van der Waals surface area (Å²) in [5, 5.41) is 3.00. The van der Waals surface area contributed by atoms with Gasteiger partial charge in [0.05, 0.1) is 0 Å². The van der Waals surface area contributed by atoms with E-state index in [9.17, 15) is 4.79 Å². The molecule has 0 radical (unpaired) electrons. The molecule has 4 nitrogen and oxygen atoms in total. The number of nitrogens with one attached hydrogen (secondary N) is 1. The molecule has 19 heavy (non-hydrogen) atoms. The smallest absolute Gasteiger partial charge is 0.217 e. The van der Waals surface area contributed by atoms with Gasteiger partial charge in [0.25, 0.3) is 0 Å². The zero-order chi connectivity index (χ0) is 13.5. The van der Waals surface area contributed by atoms with Crippen molar-refractivity contribution in [1.29, 1.82) is 0 Å². The molecule has 0 bridgehead atoms. The van der Waals surface area contributed by atoms with Crippen LogP contribution in [0.15, 0.2) is 30.3 Å². The number of carbonyl (C=O) groups excluding carboxylic acids is 1. The van der Waals surface area contributed by atoms with Crippen LogP contribution < -0.4 is 10.1 Å². The van der Waals surface area contributed by atoms with Crippen molar-refractivity contribution in [3.63, 3.8) is 0 Å². The highest BCUT2D eigenvalue weighted by molar-refractivity contribution is 5.73. The third-order valence-corrected chi connectivity index (χ3v) is 3.33. The van der Waals surface area contributed by atoms with Crippen LogP contribution in [0.4, 0.5) is 0 Å². The van der Waals surface area contributed by atoms with Crippen LogP contribution in [0.1, 0.15) is 19.8 Å². The molecule has 4 heteroatoms. The highest BCUT2D eigenvalue weighted by Gasteiger charge is 2.19. The zero-order valence-electron chi connectivity index (χ0n) is 11.5. The quantitative estimate of drug-likeness (QED) is 0.877. The van der Waals surface area contributed by atoms with Crippen LogP contribution >= 0.6 is 0 Å². The second kappa shape index (κ2) is 7.14. The van der Waals surface area contributed by atoms with Crippen molar-refractivity contribution in [3.05, 3.63) is 30.3 Å². The molecule has 0 aromatic heterocycles. The Labute approximate surface area is 114 Å². The predicted molar refractivity (Wildman–Crippen MR) is 75.2 cm³/mol. The van der Waals surface area contributed by atoms with E-state index in [1.165, 1.54) is 0 Å². The maximum Gasteiger partial charge on any atom is 0.217 e. The maximum atomic E-state index is 11.1. The molecular formula is C15H22N2O2. The van der Waals surface area contributed by atoms with Gasteiger partial charge in [-0.2, -0.15) is 0 Å². The van der Waals surface area contributed by atoms with Gasteiger partial charge < -0.3 is 10.1 Å². The highest BCUT2D eigenvalue weighted by atomic mass is 16.5. The van der Waals surface area contributed by atoms with Gasteiger partial charge in [-0.25, -0.2) is 0 Å². The Morgan fingerprint density at radius 3 is 2.95 bits per heavy atom. The molecule has 1 aliphatic rings. The van der Waals surface area contributed by atoms with Gasteiger partial charge in [-0.3, -0.25) is 9.69 Å². The average Bonchev–Trinajstić information content (AvgIpc) is 2.40. The molecule has 1 amide bonds. The van der Waals surface area contributed by atoms with Crippen molar-refractivity contribution < 1.29 is 9.53 Å². The second-order valence-corrected chi connectivity index (χ2v) is 5.00. The molecule has 1 fully saturated rings. The molecule has 104 valence electrons. The van der Waals surface area contributed by atoms with Gasteiger partial charge in [0.1, 0.15) is 12.4 Å². The molecule has 1 saturated heterocycles. The van der Waals surface area contributed by atoms with Gasteiger partial charge >= 0.3 is 0 Å². The molecule has 1 heterocycles. The number of nitrogens with zero attached hydrogens (tertiary/aromatic N) is 1. The second-order valence-electron chi connectivity index (χ2n) is 5.00. The van der Waals surface area contributed by atoms with E-state index in [4.69, 9.17) is 4.74 Å². The van der Waals surface area contributed by atoms with Crippen molar-refractivity contribution in [1.82, 2.24) is 10.2 Å². The van der Waals surface area contributed by atoms with Crippen molar-refractivity contribution in [3.8, 4) is 5.75 Å². The molecule has 2 rings (SSSR count). The summed E-state index contributed by atoms with van der Waals surface area (Å²) < 4.78 is 5.70. The summed E-state index contributed by atoms with van der Waals surface area (Å²) in [4.78, 5) is 13.4. The van der Waals surface area contributed by atoms with E-state index >= 15 is 0 Å². The van der Waals surface area contributed by atoms with Gasteiger partial charge in [0, 0.05) is 26.1 Å². The Kier molecular flexibility index (Phi) is 5.21. The molecule has 1 atom stereocenters. The van der Waals surface area contributed by atoms with Gasteiger partial charge in [0.15, 0.2) is 0 Å². The Morgan fingerprint density at radius 2 is 2.21 bits per heavy atom. The van der Waals surface area contributed by atoms with Gasteiger partial charge in [0.2, 0.25) is 5.91 Å². The Morgan fingerprint density at radius 1 is 1.42 bits per heavy atom. The fraction of sp³-hybridized carbons (Fsp3) is 0.533. The number of amides is 1. The fourth-order valence-corrected chi connectivity index (χ4v) is 2.47. The van der Waals surface area contributed by atoms with E-state index in [0.717, 1.165) is 38.2 Å². The fourth-order valence-electron chi connectivity index (χ4n) is 2.47. The summed E-state index contributed by atoms with van der Waals surface area (Å²) in [6.45, 7) is 5.20. The first-order chi connectivity index (χ1) is 9.24. The molecule has 1 unspecified atom stereocenters. The van der Waals surface area contributed by atoms with Crippen molar-refractivity contribution in [2.45, 2.75) is 25.8 Å².